The number of nitrogens with two attached hydrogens (primary N) is 1. The van der Waals surface area contributed by atoms with Crippen molar-refractivity contribution in [1.29, 1.82) is 0 Å². The fraction of sp³-hybridized carbons (Fsp3) is 0.345. The van der Waals surface area contributed by atoms with Crippen LogP contribution in [-0.2, 0) is 22.6 Å². The van der Waals surface area contributed by atoms with Crippen molar-refractivity contribution in [2.75, 3.05) is 13.6 Å². The number of primary amides is 1. The summed E-state index contributed by atoms with van der Waals surface area (Å²) in [4.78, 5) is 40.7. The van der Waals surface area contributed by atoms with Crippen LogP contribution in [0.15, 0.2) is 59.1 Å². The van der Waals surface area contributed by atoms with E-state index < -0.39 is 40.8 Å². The van der Waals surface area contributed by atoms with Crippen LogP contribution >= 0.6 is 0 Å². The zero-order valence-electron chi connectivity index (χ0n) is 20.8. The Bertz CT molecular complexity index is 1410. The summed E-state index contributed by atoms with van der Waals surface area (Å²) in [7, 11) is 2.04. The Kier molecular flexibility index (Phi) is 6.15. The van der Waals surface area contributed by atoms with Crippen molar-refractivity contribution < 1.29 is 29.7 Å². The third kappa shape index (κ3) is 4.01. The lowest BCUT2D eigenvalue weighted by Crippen LogP contribution is -2.43. The van der Waals surface area contributed by atoms with Gasteiger partial charge in [-0.25, -0.2) is 0 Å². The summed E-state index contributed by atoms with van der Waals surface area (Å²) in [6.45, 7) is 3.77. The third-order valence-electron chi connectivity index (χ3n) is 8.00. The fourth-order valence-electron chi connectivity index (χ4n) is 6.17. The van der Waals surface area contributed by atoms with E-state index in [1.807, 2.05) is 31.3 Å². The Morgan fingerprint density at radius 3 is 2.57 bits per heavy atom. The van der Waals surface area contributed by atoms with E-state index in [0.717, 1.165) is 29.8 Å². The number of carbonyl (C=O) groups is 3. The number of hydrogen-bond donors (Lipinski definition) is 4. The van der Waals surface area contributed by atoms with E-state index in [9.17, 15) is 29.7 Å². The van der Waals surface area contributed by atoms with Gasteiger partial charge in [0.15, 0.2) is 11.6 Å². The molecule has 0 radical (unpaired) electrons. The number of ketones is 2. The number of allylic oxidation sites excluding steroid dienone is 3. The highest BCUT2D eigenvalue weighted by Gasteiger charge is 2.50. The second-order valence-corrected chi connectivity index (χ2v) is 10.3. The Morgan fingerprint density at radius 2 is 1.86 bits per heavy atom. The first kappa shape index (κ1) is 24.8. The number of rotatable bonds is 5. The minimum Gasteiger partial charge on any atom is -0.511 e. The second kappa shape index (κ2) is 9.19. The van der Waals surface area contributed by atoms with Crippen LogP contribution in [0.4, 0.5) is 0 Å². The van der Waals surface area contributed by atoms with Crippen molar-refractivity contribution in [3.8, 4) is 16.9 Å². The summed E-state index contributed by atoms with van der Waals surface area (Å²) in [5.74, 6) is -5.27. The monoisotopic (exact) mass is 502 g/mol. The fourth-order valence-corrected chi connectivity index (χ4v) is 6.17. The average Bonchev–Trinajstić information content (AvgIpc) is 2.83. The molecule has 3 aliphatic rings. The van der Waals surface area contributed by atoms with Crippen LogP contribution < -0.4 is 5.73 Å². The SMILES string of the molecule is CCN(C)Cc1cccc(-c2ccc(O)c3c2CC2CC4CC(O)=C(C(N)=O)C(=O)C4C(O)=C2C3=O)c1. The van der Waals surface area contributed by atoms with Crippen molar-refractivity contribution >= 4 is 17.5 Å². The molecule has 2 aromatic carbocycles. The first-order chi connectivity index (χ1) is 17.6. The molecule has 5 N–H and O–H groups in total. The number of carbonyl (C=O) groups excluding carboxylic acids is 3. The van der Waals surface area contributed by atoms with Gasteiger partial charge in [0.25, 0.3) is 5.91 Å². The molecule has 2 aromatic rings. The molecule has 0 saturated carbocycles. The highest BCUT2D eigenvalue weighted by atomic mass is 16.3. The normalized spacial score (nSPS) is 23.2. The number of benzene rings is 2. The molecule has 0 heterocycles. The molecule has 8 nitrogen and oxygen atoms in total. The van der Waals surface area contributed by atoms with Crippen molar-refractivity contribution in [3.05, 3.63) is 75.8 Å². The van der Waals surface area contributed by atoms with Gasteiger partial charge in [-0.15, -0.1) is 0 Å². The Hall–Kier alpha value is -3.91. The van der Waals surface area contributed by atoms with Crippen LogP contribution in [0.1, 0.15) is 41.3 Å². The highest BCUT2D eigenvalue weighted by Crippen LogP contribution is 2.50. The number of Topliss-reactive ketones (excluding diaryl/α,β-unsaturated/α-hetero) is 2. The number of amides is 1. The summed E-state index contributed by atoms with van der Waals surface area (Å²) < 4.78 is 0. The number of aliphatic hydroxyl groups excluding tert-OH is 2. The first-order valence-electron chi connectivity index (χ1n) is 12.5. The molecule has 0 saturated heterocycles. The number of hydrogen-bond acceptors (Lipinski definition) is 7. The Morgan fingerprint density at radius 1 is 1.11 bits per heavy atom. The molecule has 0 spiro atoms. The van der Waals surface area contributed by atoms with E-state index in [1.54, 1.807) is 0 Å². The minimum atomic E-state index is -1.12. The van der Waals surface area contributed by atoms with E-state index in [0.29, 0.717) is 18.4 Å². The molecule has 1 amide bonds. The van der Waals surface area contributed by atoms with Gasteiger partial charge in [0, 0.05) is 18.5 Å². The Labute approximate surface area is 214 Å². The molecule has 3 unspecified atom stereocenters. The molecule has 192 valence electrons. The number of fused-ring (bicyclic) bond motifs is 3. The highest BCUT2D eigenvalue weighted by molar-refractivity contribution is 6.22. The van der Waals surface area contributed by atoms with E-state index >= 15 is 0 Å². The number of aliphatic hydroxyl groups is 2. The van der Waals surface area contributed by atoms with Crippen LogP contribution in [0, 0.1) is 17.8 Å². The summed E-state index contributed by atoms with van der Waals surface area (Å²) in [6.07, 6.45) is 0.769. The molecule has 5 rings (SSSR count). The quantitative estimate of drug-likeness (QED) is 0.458. The van der Waals surface area contributed by atoms with E-state index in [2.05, 4.69) is 17.9 Å². The van der Waals surface area contributed by atoms with Gasteiger partial charge in [0.2, 0.25) is 0 Å². The van der Waals surface area contributed by atoms with Gasteiger partial charge in [-0.05, 0) is 72.7 Å². The van der Waals surface area contributed by atoms with E-state index in [-0.39, 0.29) is 34.8 Å². The molecule has 37 heavy (non-hydrogen) atoms. The second-order valence-electron chi connectivity index (χ2n) is 10.3. The van der Waals surface area contributed by atoms with Crippen LogP contribution in [0.25, 0.3) is 11.1 Å². The van der Waals surface area contributed by atoms with E-state index in [4.69, 9.17) is 5.73 Å². The van der Waals surface area contributed by atoms with Gasteiger partial charge in [-0.2, -0.15) is 0 Å². The number of nitrogens with zero attached hydrogens (tertiary/aromatic N) is 1. The zero-order chi connectivity index (χ0) is 26.6. The predicted molar refractivity (Wildman–Crippen MR) is 137 cm³/mol. The maximum atomic E-state index is 13.7. The summed E-state index contributed by atoms with van der Waals surface area (Å²) >= 11 is 0. The van der Waals surface area contributed by atoms with Crippen molar-refractivity contribution in [3.63, 3.8) is 0 Å². The van der Waals surface area contributed by atoms with Crippen molar-refractivity contribution in [1.82, 2.24) is 4.90 Å². The molecule has 0 fully saturated rings. The molecule has 8 heteroatoms. The van der Waals surface area contributed by atoms with Gasteiger partial charge in [0.1, 0.15) is 22.8 Å². The molecule has 3 aliphatic carbocycles. The maximum absolute atomic E-state index is 13.7. The lowest BCUT2D eigenvalue weighted by Gasteiger charge is -2.41. The van der Waals surface area contributed by atoms with Crippen molar-refractivity contribution in [2.24, 2.45) is 23.5 Å². The smallest absolute Gasteiger partial charge is 0.255 e. The molecular formula is C29H30N2O6. The predicted octanol–water partition coefficient (Wildman–Crippen LogP) is 3.58. The standard InChI is InChI=1S/C29H30N2O6/c1-3-31(2)13-14-5-4-6-15(9-14)18-7-8-20(32)24-19(18)11-16-10-17-12-21(33)25(29(30)37)28(36)23(17)26(34)22(16)27(24)35/h4-9,16-17,23,32-34H,3,10-13H2,1-2H3,(H2,30,37). The first-order valence-corrected chi connectivity index (χ1v) is 12.5. The van der Waals surface area contributed by atoms with Gasteiger partial charge < -0.3 is 26.0 Å². The topological polar surface area (TPSA) is 141 Å². The summed E-state index contributed by atoms with van der Waals surface area (Å²) in [5, 5.41) is 32.2. The lowest BCUT2D eigenvalue weighted by atomic mass is 9.62. The zero-order valence-corrected chi connectivity index (χ0v) is 20.8. The van der Waals surface area contributed by atoms with Gasteiger partial charge in [-0.1, -0.05) is 31.2 Å². The van der Waals surface area contributed by atoms with Crippen LogP contribution in [-0.4, -0.2) is 51.3 Å². The van der Waals surface area contributed by atoms with E-state index in [1.165, 1.54) is 6.07 Å². The molecular weight excluding hydrogens is 472 g/mol. The molecule has 0 aromatic heterocycles. The van der Waals surface area contributed by atoms with Gasteiger partial charge in [-0.3, -0.25) is 14.4 Å². The van der Waals surface area contributed by atoms with Crippen LogP contribution in [0.3, 0.4) is 0 Å². The summed E-state index contributed by atoms with van der Waals surface area (Å²) in [5.41, 5.74) is 8.58. The number of phenols is 1. The molecule has 0 bridgehead atoms. The summed E-state index contributed by atoms with van der Waals surface area (Å²) in [6, 6.07) is 11.4. The minimum absolute atomic E-state index is 0.0173. The Balaban J connectivity index is 1.59. The van der Waals surface area contributed by atoms with Gasteiger partial charge in [0.05, 0.1) is 11.5 Å². The lowest BCUT2D eigenvalue weighted by molar-refractivity contribution is -0.126. The van der Waals surface area contributed by atoms with Gasteiger partial charge >= 0.3 is 0 Å². The molecule has 3 atom stereocenters. The van der Waals surface area contributed by atoms with Crippen LogP contribution in [0.2, 0.25) is 0 Å². The molecule has 0 aliphatic heterocycles. The third-order valence-corrected chi connectivity index (χ3v) is 8.00. The average molecular weight is 503 g/mol. The largest absolute Gasteiger partial charge is 0.511 e. The van der Waals surface area contributed by atoms with Crippen molar-refractivity contribution in [2.45, 2.75) is 32.7 Å². The maximum Gasteiger partial charge on any atom is 0.255 e. The number of aromatic hydroxyl groups is 1. The number of phenolic OH excluding ortho intramolecular Hbond substituents is 1. The van der Waals surface area contributed by atoms with Crippen LogP contribution in [0.5, 0.6) is 5.75 Å².